The van der Waals surface area contributed by atoms with Crippen LogP contribution in [0.1, 0.15) is 0 Å². The molecule has 0 aliphatic heterocycles. The van der Waals surface area contributed by atoms with Gasteiger partial charge in [-0.25, -0.2) is 4.98 Å². The van der Waals surface area contributed by atoms with E-state index in [1.807, 2.05) is 18.2 Å². The minimum atomic E-state index is 0.601. The van der Waals surface area contributed by atoms with E-state index in [0.29, 0.717) is 5.89 Å². The smallest absolute Gasteiger partial charge is 0.229 e. The van der Waals surface area contributed by atoms with Crippen LogP contribution in [0.5, 0.6) is 0 Å². The second-order valence-electron chi connectivity index (χ2n) is 10.4. The minimum absolute atomic E-state index is 0.601. The zero-order valence-electron chi connectivity index (χ0n) is 22.8. The van der Waals surface area contributed by atoms with Crippen LogP contribution in [0.3, 0.4) is 0 Å². The van der Waals surface area contributed by atoms with Crippen molar-refractivity contribution in [2.45, 2.75) is 0 Å². The average Bonchev–Trinajstić information content (AvgIpc) is 3.53. The van der Waals surface area contributed by atoms with Crippen LogP contribution in [0, 0.1) is 0 Å². The van der Waals surface area contributed by atoms with Gasteiger partial charge in [0, 0.05) is 22.1 Å². The largest absolute Gasteiger partial charge is 0.435 e. The summed E-state index contributed by atoms with van der Waals surface area (Å²) in [5, 5.41) is 4.51. The van der Waals surface area contributed by atoms with Crippen LogP contribution in [0.25, 0.3) is 55.2 Å². The maximum absolute atomic E-state index is 6.68. The molecule has 0 atom stereocenters. The quantitative estimate of drug-likeness (QED) is 0.204. The van der Waals surface area contributed by atoms with Crippen LogP contribution < -0.4 is 4.90 Å². The normalized spacial score (nSPS) is 11.3. The first-order valence-electron chi connectivity index (χ1n) is 14.2. The molecule has 198 valence electrons. The van der Waals surface area contributed by atoms with Crippen molar-refractivity contribution in [3.05, 3.63) is 158 Å². The van der Waals surface area contributed by atoms with Gasteiger partial charge in [-0.2, -0.15) is 0 Å². The van der Waals surface area contributed by atoms with Crippen molar-refractivity contribution >= 4 is 49.7 Å². The maximum atomic E-state index is 6.68. The number of para-hydroxylation sites is 2. The topological polar surface area (TPSA) is 29.3 Å². The number of nitrogens with zero attached hydrogens (tertiary/aromatic N) is 2. The highest BCUT2D eigenvalue weighted by Crippen LogP contribution is 2.43. The van der Waals surface area contributed by atoms with E-state index in [-0.39, 0.29) is 0 Å². The summed E-state index contributed by atoms with van der Waals surface area (Å²) in [6, 6.07) is 54.8. The van der Waals surface area contributed by atoms with Gasteiger partial charge in [-0.05, 0) is 58.3 Å². The maximum Gasteiger partial charge on any atom is 0.229 e. The molecule has 0 amide bonds. The average molecular weight is 539 g/mol. The molecule has 0 radical (unpaired) electrons. The molecule has 1 aromatic heterocycles. The summed E-state index contributed by atoms with van der Waals surface area (Å²) in [6.07, 6.45) is 0. The van der Waals surface area contributed by atoms with Gasteiger partial charge in [0.25, 0.3) is 0 Å². The van der Waals surface area contributed by atoms with Crippen molar-refractivity contribution in [3.63, 3.8) is 0 Å². The zero-order chi connectivity index (χ0) is 27.9. The van der Waals surface area contributed by atoms with E-state index < -0.39 is 0 Å². The van der Waals surface area contributed by atoms with Crippen molar-refractivity contribution in [2.75, 3.05) is 4.90 Å². The molecule has 0 aliphatic rings. The van der Waals surface area contributed by atoms with Gasteiger partial charge in [-0.3, -0.25) is 0 Å². The van der Waals surface area contributed by atoms with Crippen molar-refractivity contribution in [1.29, 1.82) is 0 Å². The number of fused-ring (bicyclic) bond motifs is 6. The molecule has 0 fully saturated rings. The van der Waals surface area contributed by atoms with Gasteiger partial charge in [-0.15, -0.1) is 0 Å². The highest BCUT2D eigenvalue weighted by Gasteiger charge is 2.21. The molecule has 8 rings (SSSR count). The van der Waals surface area contributed by atoms with Crippen LogP contribution >= 0.6 is 0 Å². The fourth-order valence-corrected chi connectivity index (χ4v) is 5.93. The van der Waals surface area contributed by atoms with Gasteiger partial charge in [0.05, 0.1) is 11.3 Å². The van der Waals surface area contributed by atoms with Gasteiger partial charge in [0.1, 0.15) is 5.52 Å². The van der Waals surface area contributed by atoms with E-state index in [1.54, 1.807) is 0 Å². The van der Waals surface area contributed by atoms with Gasteiger partial charge in [-0.1, -0.05) is 121 Å². The van der Waals surface area contributed by atoms with Gasteiger partial charge in [0.2, 0.25) is 5.89 Å². The molecule has 0 saturated heterocycles. The predicted octanol–water partition coefficient (Wildman–Crippen LogP) is 10.9. The summed E-state index contributed by atoms with van der Waals surface area (Å²) in [6.45, 7) is 0. The summed E-state index contributed by atoms with van der Waals surface area (Å²) < 4.78 is 6.68. The van der Waals surface area contributed by atoms with Crippen molar-refractivity contribution in [1.82, 2.24) is 4.98 Å². The van der Waals surface area contributed by atoms with Gasteiger partial charge < -0.3 is 9.32 Å². The van der Waals surface area contributed by atoms with Crippen molar-refractivity contribution < 1.29 is 4.42 Å². The number of hydrogen-bond acceptors (Lipinski definition) is 3. The molecule has 0 unspecified atom stereocenters. The monoisotopic (exact) mass is 538 g/mol. The highest BCUT2D eigenvalue weighted by molar-refractivity contribution is 6.22. The number of benzene rings is 7. The molecule has 3 nitrogen and oxygen atoms in total. The third kappa shape index (κ3) is 4.03. The number of oxazole rings is 1. The van der Waals surface area contributed by atoms with Gasteiger partial charge >= 0.3 is 0 Å². The van der Waals surface area contributed by atoms with Crippen LogP contribution in [0.4, 0.5) is 17.1 Å². The summed E-state index contributed by atoms with van der Waals surface area (Å²) >= 11 is 0. The van der Waals surface area contributed by atoms with Crippen LogP contribution in [0.15, 0.2) is 162 Å². The molecule has 0 bridgehead atoms. The minimum Gasteiger partial charge on any atom is -0.435 e. The predicted molar refractivity (Wildman–Crippen MR) is 175 cm³/mol. The third-order valence-corrected chi connectivity index (χ3v) is 7.89. The molecule has 0 aliphatic carbocycles. The lowest BCUT2D eigenvalue weighted by molar-refractivity contribution is 0.623. The lowest BCUT2D eigenvalue weighted by atomic mass is 10.0. The molecule has 7 aromatic carbocycles. The number of hydrogen-bond donors (Lipinski definition) is 0. The Bertz CT molecular complexity index is 2110. The first-order chi connectivity index (χ1) is 20.8. The molecular weight excluding hydrogens is 512 g/mol. The molecule has 42 heavy (non-hydrogen) atoms. The Hall–Kier alpha value is -5.67. The first kappa shape index (κ1) is 24.2. The second kappa shape index (κ2) is 10.1. The van der Waals surface area contributed by atoms with Crippen LogP contribution in [-0.4, -0.2) is 4.98 Å². The van der Waals surface area contributed by atoms with E-state index in [4.69, 9.17) is 9.40 Å². The molecular formula is C39H26N2O. The van der Waals surface area contributed by atoms with Crippen molar-refractivity contribution in [3.8, 4) is 22.6 Å². The molecule has 0 spiro atoms. The zero-order valence-corrected chi connectivity index (χ0v) is 22.8. The van der Waals surface area contributed by atoms with Crippen molar-refractivity contribution in [2.24, 2.45) is 0 Å². The Morgan fingerprint density at radius 2 is 0.952 bits per heavy atom. The second-order valence-corrected chi connectivity index (χ2v) is 10.4. The number of anilines is 3. The van der Waals surface area contributed by atoms with E-state index in [2.05, 4.69) is 144 Å². The third-order valence-electron chi connectivity index (χ3n) is 7.89. The Labute approximate surface area is 243 Å². The lowest BCUT2D eigenvalue weighted by Gasteiger charge is -2.27. The van der Waals surface area contributed by atoms with Crippen LogP contribution in [-0.2, 0) is 0 Å². The Morgan fingerprint density at radius 3 is 1.69 bits per heavy atom. The van der Waals surface area contributed by atoms with E-state index in [1.165, 1.54) is 21.9 Å². The summed E-state index contributed by atoms with van der Waals surface area (Å²) in [4.78, 5) is 7.43. The number of aromatic nitrogens is 1. The molecule has 8 aromatic rings. The fourth-order valence-electron chi connectivity index (χ4n) is 5.93. The van der Waals surface area contributed by atoms with E-state index in [9.17, 15) is 0 Å². The Balaban J connectivity index is 1.33. The SMILES string of the molecule is c1ccc(-c2ccc(N(c3ccccc3)c3ccccc3-c3nc4c5ccccc5c5ccccc5c4o3)cc2)cc1. The van der Waals surface area contributed by atoms with E-state index in [0.717, 1.165) is 44.5 Å². The highest BCUT2D eigenvalue weighted by atomic mass is 16.3. The van der Waals surface area contributed by atoms with Crippen LogP contribution in [0.2, 0.25) is 0 Å². The molecule has 0 saturated carbocycles. The summed E-state index contributed by atoms with van der Waals surface area (Å²) in [5.74, 6) is 0.601. The number of rotatable bonds is 5. The summed E-state index contributed by atoms with van der Waals surface area (Å²) in [7, 11) is 0. The first-order valence-corrected chi connectivity index (χ1v) is 14.2. The Kier molecular flexibility index (Phi) is 5.79. The van der Waals surface area contributed by atoms with Gasteiger partial charge in [0.15, 0.2) is 5.58 Å². The molecule has 0 N–H and O–H groups in total. The fraction of sp³-hybridized carbons (Fsp3) is 0. The molecule has 1 heterocycles. The lowest BCUT2D eigenvalue weighted by Crippen LogP contribution is -2.11. The molecule has 3 heteroatoms. The standard InChI is InChI=1S/C39H26N2O/c1-3-13-27(14-4-1)28-23-25-30(26-24-28)41(29-15-5-2-6-16-29)36-22-12-11-21-35(36)39-40-37-33-19-9-7-17-31(33)32-18-8-10-20-34(32)38(37)42-39/h1-26H. The van der Waals surface area contributed by atoms with E-state index >= 15 is 0 Å². The Morgan fingerprint density at radius 1 is 0.429 bits per heavy atom. The summed E-state index contributed by atoms with van der Waals surface area (Å²) in [5.41, 5.74) is 8.11.